The van der Waals surface area contributed by atoms with Crippen LogP contribution in [0, 0.1) is 13.8 Å². The number of pyridine rings is 1. The molecular formula is C15H18N2O4. The van der Waals surface area contributed by atoms with Crippen molar-refractivity contribution >= 4 is 5.91 Å². The van der Waals surface area contributed by atoms with Crippen molar-refractivity contribution in [3.05, 3.63) is 56.9 Å². The van der Waals surface area contributed by atoms with Crippen molar-refractivity contribution in [1.29, 1.82) is 0 Å². The highest BCUT2D eigenvalue weighted by Gasteiger charge is 2.12. The minimum absolute atomic E-state index is 0.153. The third-order valence-electron chi connectivity index (χ3n) is 3.09. The summed E-state index contributed by atoms with van der Waals surface area (Å²) in [7, 11) is 1.55. The lowest BCUT2D eigenvalue weighted by molar-refractivity contribution is 0.0914. The monoisotopic (exact) mass is 290 g/mol. The second-order valence-electron chi connectivity index (χ2n) is 4.82. The molecule has 2 aromatic heterocycles. The normalized spacial score (nSPS) is 10.6. The van der Waals surface area contributed by atoms with Gasteiger partial charge in [0.2, 0.25) is 0 Å². The number of hydrogen-bond acceptors (Lipinski definition) is 4. The van der Waals surface area contributed by atoms with Crippen molar-refractivity contribution in [3.8, 4) is 0 Å². The van der Waals surface area contributed by atoms with E-state index in [1.807, 2.05) is 19.9 Å². The van der Waals surface area contributed by atoms with E-state index in [4.69, 9.17) is 9.15 Å². The zero-order valence-electron chi connectivity index (χ0n) is 12.3. The number of amides is 1. The van der Waals surface area contributed by atoms with Gasteiger partial charge < -0.3 is 19.5 Å². The fourth-order valence-electron chi connectivity index (χ4n) is 2.08. The lowest BCUT2D eigenvalue weighted by Gasteiger charge is -2.07. The van der Waals surface area contributed by atoms with E-state index in [0.717, 1.165) is 11.3 Å². The minimum Gasteiger partial charge on any atom is -0.453 e. The Bertz CT molecular complexity index is 700. The van der Waals surface area contributed by atoms with Crippen LogP contribution in [0.25, 0.3) is 0 Å². The van der Waals surface area contributed by atoms with E-state index in [2.05, 4.69) is 10.3 Å². The molecule has 112 valence electrons. The fourth-order valence-corrected chi connectivity index (χ4v) is 2.08. The van der Waals surface area contributed by atoms with Gasteiger partial charge in [0.05, 0.1) is 0 Å². The molecule has 0 unspecified atom stereocenters. The van der Waals surface area contributed by atoms with Crippen molar-refractivity contribution in [1.82, 2.24) is 10.3 Å². The van der Waals surface area contributed by atoms with Crippen LogP contribution in [0.2, 0.25) is 0 Å². The summed E-state index contributed by atoms with van der Waals surface area (Å²) in [6.45, 7) is 4.12. The number of hydrogen-bond donors (Lipinski definition) is 2. The maximum Gasteiger partial charge on any atom is 0.287 e. The van der Waals surface area contributed by atoms with Crippen molar-refractivity contribution in [2.24, 2.45) is 0 Å². The zero-order chi connectivity index (χ0) is 15.4. The summed E-state index contributed by atoms with van der Waals surface area (Å²) >= 11 is 0. The van der Waals surface area contributed by atoms with Crippen LogP contribution in [0.5, 0.6) is 0 Å². The largest absolute Gasteiger partial charge is 0.453 e. The number of rotatable bonds is 5. The van der Waals surface area contributed by atoms with Gasteiger partial charge in [-0.25, -0.2) is 0 Å². The Morgan fingerprint density at radius 3 is 2.81 bits per heavy atom. The first-order valence-corrected chi connectivity index (χ1v) is 6.56. The molecule has 0 aliphatic rings. The summed E-state index contributed by atoms with van der Waals surface area (Å²) < 4.78 is 10.3. The molecule has 0 radical (unpaired) electrons. The number of carbonyl (C=O) groups is 1. The van der Waals surface area contributed by atoms with E-state index in [-0.39, 0.29) is 23.8 Å². The first-order chi connectivity index (χ1) is 10.0. The van der Waals surface area contributed by atoms with Crippen LogP contribution in [-0.2, 0) is 17.9 Å². The number of aromatic amines is 1. The molecule has 2 rings (SSSR count). The molecule has 0 saturated carbocycles. The molecular weight excluding hydrogens is 272 g/mol. The smallest absolute Gasteiger partial charge is 0.287 e. The van der Waals surface area contributed by atoms with Gasteiger partial charge in [-0.1, -0.05) is 0 Å². The SMILES string of the molecule is COCc1ccc(C(=O)NCc2c(C)cc(C)[nH]c2=O)o1. The summed E-state index contributed by atoms with van der Waals surface area (Å²) in [5.74, 6) is 0.409. The molecule has 0 fully saturated rings. The van der Waals surface area contributed by atoms with Crippen LogP contribution in [0.1, 0.15) is 33.1 Å². The topological polar surface area (TPSA) is 84.3 Å². The minimum atomic E-state index is -0.364. The molecule has 2 heterocycles. The molecule has 2 N–H and O–H groups in total. The predicted octanol–water partition coefficient (Wildman–Crippen LogP) is 1.66. The average molecular weight is 290 g/mol. The molecule has 0 atom stereocenters. The van der Waals surface area contributed by atoms with E-state index in [9.17, 15) is 9.59 Å². The summed E-state index contributed by atoms with van der Waals surface area (Å²) in [5.41, 5.74) is 1.99. The summed E-state index contributed by atoms with van der Waals surface area (Å²) in [6.07, 6.45) is 0. The zero-order valence-corrected chi connectivity index (χ0v) is 12.3. The number of carbonyl (C=O) groups excluding carboxylic acids is 1. The van der Waals surface area contributed by atoms with Gasteiger partial charge in [0, 0.05) is 24.9 Å². The Morgan fingerprint density at radius 1 is 1.38 bits per heavy atom. The molecule has 0 aliphatic carbocycles. The van der Waals surface area contributed by atoms with Crippen molar-refractivity contribution in [2.75, 3.05) is 7.11 Å². The molecule has 0 saturated heterocycles. The number of aryl methyl sites for hydroxylation is 2. The summed E-state index contributed by atoms with van der Waals surface area (Å²) in [5, 5.41) is 2.68. The van der Waals surface area contributed by atoms with Gasteiger partial charge in [0.15, 0.2) is 5.76 Å². The third-order valence-corrected chi connectivity index (χ3v) is 3.09. The summed E-state index contributed by atoms with van der Waals surface area (Å²) in [4.78, 5) is 26.5. The van der Waals surface area contributed by atoms with E-state index in [1.54, 1.807) is 19.2 Å². The highest BCUT2D eigenvalue weighted by molar-refractivity contribution is 5.91. The molecule has 0 aliphatic heterocycles. The van der Waals surface area contributed by atoms with Crippen LogP contribution < -0.4 is 10.9 Å². The van der Waals surface area contributed by atoms with Crippen LogP contribution in [0.4, 0.5) is 0 Å². The number of H-pyrrole nitrogens is 1. The molecule has 1 amide bonds. The number of aromatic nitrogens is 1. The predicted molar refractivity (Wildman–Crippen MR) is 77.1 cm³/mol. The Labute approximate surface area is 122 Å². The highest BCUT2D eigenvalue weighted by Crippen LogP contribution is 2.09. The maximum atomic E-state index is 12.0. The first kappa shape index (κ1) is 15.1. The second kappa shape index (κ2) is 6.41. The van der Waals surface area contributed by atoms with E-state index < -0.39 is 0 Å². The van der Waals surface area contributed by atoms with Crippen LogP contribution >= 0.6 is 0 Å². The average Bonchev–Trinajstić information content (AvgIpc) is 2.86. The molecule has 6 nitrogen and oxygen atoms in total. The lowest BCUT2D eigenvalue weighted by Crippen LogP contribution is -2.27. The number of ether oxygens (including phenoxy) is 1. The van der Waals surface area contributed by atoms with Gasteiger partial charge in [-0.2, -0.15) is 0 Å². The second-order valence-corrected chi connectivity index (χ2v) is 4.82. The lowest BCUT2D eigenvalue weighted by atomic mass is 10.1. The molecule has 21 heavy (non-hydrogen) atoms. The molecule has 0 bridgehead atoms. The Balaban J connectivity index is 2.05. The van der Waals surface area contributed by atoms with Crippen molar-refractivity contribution in [2.45, 2.75) is 27.0 Å². The van der Waals surface area contributed by atoms with Crippen molar-refractivity contribution in [3.63, 3.8) is 0 Å². The fraction of sp³-hybridized carbons (Fsp3) is 0.333. The van der Waals surface area contributed by atoms with E-state index in [0.29, 0.717) is 17.9 Å². The Morgan fingerprint density at radius 2 is 2.14 bits per heavy atom. The quantitative estimate of drug-likeness (QED) is 0.877. The van der Waals surface area contributed by atoms with Gasteiger partial charge in [-0.15, -0.1) is 0 Å². The van der Waals surface area contributed by atoms with Gasteiger partial charge >= 0.3 is 0 Å². The third kappa shape index (κ3) is 3.61. The molecule has 2 aromatic rings. The number of methoxy groups -OCH3 is 1. The van der Waals surface area contributed by atoms with Crippen molar-refractivity contribution < 1.29 is 13.9 Å². The van der Waals surface area contributed by atoms with Gasteiger partial charge in [0.25, 0.3) is 11.5 Å². The molecule has 0 aromatic carbocycles. The van der Waals surface area contributed by atoms with Crippen LogP contribution in [0.15, 0.2) is 27.4 Å². The van der Waals surface area contributed by atoms with Gasteiger partial charge in [0.1, 0.15) is 12.4 Å². The maximum absolute atomic E-state index is 12.0. The van der Waals surface area contributed by atoms with E-state index in [1.165, 1.54) is 0 Å². The Kier molecular flexibility index (Phi) is 4.59. The Hall–Kier alpha value is -2.34. The standard InChI is InChI=1S/C15H18N2O4/c1-9-6-10(2)17-14(18)12(9)7-16-15(19)13-5-4-11(21-13)8-20-3/h4-6H,7-8H2,1-3H3,(H,16,19)(H,17,18). The van der Waals surface area contributed by atoms with Gasteiger partial charge in [-0.3, -0.25) is 9.59 Å². The number of nitrogens with one attached hydrogen (secondary N) is 2. The molecule has 6 heteroatoms. The van der Waals surface area contributed by atoms with E-state index >= 15 is 0 Å². The summed E-state index contributed by atoms with van der Waals surface area (Å²) in [6, 6.07) is 5.13. The van der Waals surface area contributed by atoms with Gasteiger partial charge in [-0.05, 0) is 37.6 Å². The van der Waals surface area contributed by atoms with Crippen LogP contribution in [0.3, 0.4) is 0 Å². The molecule has 0 spiro atoms. The first-order valence-electron chi connectivity index (χ1n) is 6.56. The van der Waals surface area contributed by atoms with Crippen LogP contribution in [-0.4, -0.2) is 18.0 Å². The number of furan rings is 1. The highest BCUT2D eigenvalue weighted by atomic mass is 16.5.